The molecule has 1 aromatic carbocycles. The molecule has 0 bridgehead atoms. The number of sulfonamides is 1. The minimum Gasteiger partial charge on any atom is -0.223 e. The second kappa shape index (κ2) is 6.35. The lowest BCUT2D eigenvalue weighted by Crippen LogP contribution is -2.15. The van der Waals surface area contributed by atoms with E-state index in [-0.39, 0.29) is 22.8 Å². The Kier molecular flexibility index (Phi) is 4.43. The van der Waals surface area contributed by atoms with Gasteiger partial charge < -0.3 is 0 Å². The summed E-state index contributed by atoms with van der Waals surface area (Å²) in [5.41, 5.74) is 0.302. The lowest BCUT2D eigenvalue weighted by atomic mass is 10.1. The quantitative estimate of drug-likeness (QED) is 0.668. The molecule has 27 heavy (non-hydrogen) atoms. The number of rotatable bonds is 3. The molecule has 0 saturated heterocycles. The minimum atomic E-state index is -4.86. The van der Waals surface area contributed by atoms with Gasteiger partial charge in [0.2, 0.25) is 0 Å². The number of hydrogen-bond acceptors (Lipinski definition) is 6. The van der Waals surface area contributed by atoms with Crippen LogP contribution in [0.3, 0.4) is 0 Å². The normalized spacial score (nSPS) is 12.4. The van der Waals surface area contributed by atoms with Crippen LogP contribution in [0.4, 0.5) is 17.6 Å². The number of nitrogens with zero attached hydrogens (tertiary/aromatic N) is 5. The standard InChI is InChI=1S/C14H10F4N6O2S/c1-7-2-3-8(6-9(7)15)12-20-13(14(16,17)18)23-24(12)10-4-5-11(22-21-10)27(19,25)26/h2-6H,1H3,(H2,19,25,26). The van der Waals surface area contributed by atoms with Crippen LogP contribution in [0.5, 0.6) is 0 Å². The summed E-state index contributed by atoms with van der Waals surface area (Å²) >= 11 is 0. The van der Waals surface area contributed by atoms with E-state index in [1.165, 1.54) is 19.1 Å². The van der Waals surface area contributed by atoms with E-state index in [1.54, 1.807) is 0 Å². The molecule has 2 aromatic heterocycles. The fourth-order valence-electron chi connectivity index (χ4n) is 2.09. The zero-order valence-corrected chi connectivity index (χ0v) is 14.3. The van der Waals surface area contributed by atoms with E-state index in [1.807, 2.05) is 0 Å². The van der Waals surface area contributed by atoms with Crippen molar-refractivity contribution >= 4 is 10.0 Å². The zero-order chi connectivity index (χ0) is 20.0. The molecule has 0 aliphatic heterocycles. The molecule has 13 heteroatoms. The number of nitrogens with two attached hydrogens (primary N) is 1. The highest BCUT2D eigenvalue weighted by atomic mass is 32.2. The van der Waals surface area contributed by atoms with Gasteiger partial charge >= 0.3 is 6.18 Å². The maximum absolute atomic E-state index is 13.8. The van der Waals surface area contributed by atoms with Gasteiger partial charge in [-0.1, -0.05) is 12.1 Å². The smallest absolute Gasteiger partial charge is 0.223 e. The van der Waals surface area contributed by atoms with Gasteiger partial charge in [-0.15, -0.1) is 15.3 Å². The summed E-state index contributed by atoms with van der Waals surface area (Å²) in [7, 11) is -4.14. The van der Waals surface area contributed by atoms with E-state index in [9.17, 15) is 26.0 Å². The van der Waals surface area contributed by atoms with Gasteiger partial charge in [0.1, 0.15) is 5.82 Å². The molecule has 0 saturated carbocycles. The van der Waals surface area contributed by atoms with Gasteiger partial charge in [-0.3, -0.25) is 0 Å². The third kappa shape index (κ3) is 3.78. The predicted molar refractivity (Wildman–Crippen MR) is 83.5 cm³/mol. The molecule has 142 valence electrons. The summed E-state index contributed by atoms with van der Waals surface area (Å²) in [4.78, 5) is 3.42. The predicted octanol–water partition coefficient (Wildman–Crippen LogP) is 1.84. The zero-order valence-electron chi connectivity index (χ0n) is 13.4. The maximum atomic E-state index is 13.8. The van der Waals surface area contributed by atoms with E-state index >= 15 is 0 Å². The molecule has 8 nitrogen and oxygen atoms in total. The molecule has 0 aliphatic rings. The highest BCUT2D eigenvalue weighted by Crippen LogP contribution is 2.30. The number of hydrogen-bond donors (Lipinski definition) is 1. The van der Waals surface area contributed by atoms with Crippen LogP contribution in [0, 0.1) is 12.7 Å². The third-order valence-electron chi connectivity index (χ3n) is 3.43. The van der Waals surface area contributed by atoms with Crippen molar-refractivity contribution in [2.45, 2.75) is 18.1 Å². The monoisotopic (exact) mass is 402 g/mol. The van der Waals surface area contributed by atoms with Gasteiger partial charge in [0.25, 0.3) is 15.8 Å². The second-order valence-corrected chi connectivity index (χ2v) is 6.92. The van der Waals surface area contributed by atoms with Crippen molar-refractivity contribution < 1.29 is 26.0 Å². The number of primary sulfonamides is 1. The Hall–Kier alpha value is -2.93. The van der Waals surface area contributed by atoms with Gasteiger partial charge in [-0.25, -0.2) is 22.9 Å². The summed E-state index contributed by atoms with van der Waals surface area (Å²) in [6.07, 6.45) is -4.86. The van der Waals surface area contributed by atoms with E-state index in [0.29, 0.717) is 4.68 Å². The lowest BCUT2D eigenvalue weighted by Gasteiger charge is -2.06. The fraction of sp³-hybridized carbons (Fsp3) is 0.143. The van der Waals surface area contributed by atoms with Crippen molar-refractivity contribution in [1.29, 1.82) is 0 Å². The summed E-state index contributed by atoms with van der Waals surface area (Å²) < 4.78 is 76.1. The highest BCUT2D eigenvalue weighted by molar-refractivity contribution is 7.89. The fourth-order valence-corrected chi connectivity index (χ4v) is 2.50. The summed E-state index contributed by atoms with van der Waals surface area (Å²) in [5, 5.41) is 14.6. The Labute approximate surface area is 149 Å². The number of alkyl halides is 3. The molecule has 0 atom stereocenters. The number of aromatic nitrogens is 5. The first kappa shape index (κ1) is 18.8. The molecule has 0 amide bonds. The van der Waals surface area contributed by atoms with Gasteiger partial charge in [-0.05, 0) is 30.7 Å². The SMILES string of the molecule is Cc1ccc(-c2nc(C(F)(F)F)nn2-c2ccc(S(N)(=O)=O)nn2)cc1F. The molecule has 0 unspecified atom stereocenters. The van der Waals surface area contributed by atoms with E-state index in [4.69, 9.17) is 5.14 Å². The summed E-state index contributed by atoms with van der Waals surface area (Å²) in [5.74, 6) is -2.73. The minimum absolute atomic E-state index is 0.0124. The third-order valence-corrected chi connectivity index (χ3v) is 4.23. The number of halogens is 4. The van der Waals surface area contributed by atoms with Crippen LogP contribution >= 0.6 is 0 Å². The molecule has 0 fully saturated rings. The van der Waals surface area contributed by atoms with Gasteiger partial charge in [-0.2, -0.15) is 17.9 Å². The first-order chi connectivity index (χ1) is 12.5. The van der Waals surface area contributed by atoms with Crippen molar-refractivity contribution in [3.05, 3.63) is 47.5 Å². The number of aryl methyl sites for hydroxylation is 1. The first-order valence-corrected chi connectivity index (χ1v) is 8.69. The molecule has 2 heterocycles. The van der Waals surface area contributed by atoms with Crippen molar-refractivity contribution in [1.82, 2.24) is 25.0 Å². The van der Waals surface area contributed by atoms with E-state index in [0.717, 1.165) is 18.2 Å². The molecule has 0 spiro atoms. The van der Waals surface area contributed by atoms with Crippen molar-refractivity contribution in [2.75, 3.05) is 0 Å². The average molecular weight is 402 g/mol. The molecule has 0 radical (unpaired) electrons. The van der Waals surface area contributed by atoms with Crippen LogP contribution < -0.4 is 5.14 Å². The molecule has 3 aromatic rings. The van der Waals surface area contributed by atoms with Crippen LogP contribution in [0.1, 0.15) is 11.4 Å². The second-order valence-electron chi connectivity index (χ2n) is 5.41. The largest absolute Gasteiger partial charge is 0.453 e. The number of benzene rings is 1. The lowest BCUT2D eigenvalue weighted by molar-refractivity contribution is -0.144. The maximum Gasteiger partial charge on any atom is 0.453 e. The van der Waals surface area contributed by atoms with Crippen molar-refractivity contribution in [3.8, 4) is 17.2 Å². The molecule has 2 N–H and O–H groups in total. The van der Waals surface area contributed by atoms with Crippen LogP contribution in [0.15, 0.2) is 35.4 Å². The van der Waals surface area contributed by atoms with Crippen molar-refractivity contribution in [3.63, 3.8) is 0 Å². The molecular weight excluding hydrogens is 392 g/mol. The Morgan fingerprint density at radius 1 is 1.11 bits per heavy atom. The molecular formula is C14H10F4N6O2S. The van der Waals surface area contributed by atoms with Crippen LogP contribution in [0.2, 0.25) is 0 Å². The van der Waals surface area contributed by atoms with Crippen LogP contribution in [-0.2, 0) is 16.2 Å². The average Bonchev–Trinajstić information content (AvgIpc) is 3.02. The van der Waals surface area contributed by atoms with Gasteiger partial charge in [0.05, 0.1) is 0 Å². The van der Waals surface area contributed by atoms with Gasteiger partial charge in [0.15, 0.2) is 16.7 Å². The molecule has 3 rings (SSSR count). The van der Waals surface area contributed by atoms with E-state index in [2.05, 4.69) is 20.3 Å². The molecule has 0 aliphatic carbocycles. The van der Waals surface area contributed by atoms with Crippen LogP contribution in [0.25, 0.3) is 17.2 Å². The van der Waals surface area contributed by atoms with Gasteiger partial charge in [0, 0.05) is 5.56 Å². The Morgan fingerprint density at radius 3 is 2.33 bits per heavy atom. The highest BCUT2D eigenvalue weighted by Gasteiger charge is 2.37. The van der Waals surface area contributed by atoms with E-state index < -0.39 is 32.9 Å². The topological polar surface area (TPSA) is 117 Å². The van der Waals surface area contributed by atoms with Crippen LogP contribution in [-0.4, -0.2) is 33.4 Å². The Balaban J connectivity index is 2.19. The summed E-state index contributed by atoms with van der Waals surface area (Å²) in [6, 6.07) is 5.74. The Morgan fingerprint density at radius 2 is 1.81 bits per heavy atom. The Bertz CT molecular complexity index is 1110. The van der Waals surface area contributed by atoms with Crippen molar-refractivity contribution in [2.24, 2.45) is 5.14 Å². The first-order valence-electron chi connectivity index (χ1n) is 7.14. The summed E-state index contributed by atoms with van der Waals surface area (Å²) in [6.45, 7) is 1.49.